The molecule has 2 aromatic rings. The lowest BCUT2D eigenvalue weighted by atomic mass is 10.1. The average Bonchev–Trinajstić information content (AvgIpc) is 2.60. The van der Waals surface area contributed by atoms with Gasteiger partial charge in [0.1, 0.15) is 11.6 Å². The van der Waals surface area contributed by atoms with E-state index in [1.165, 1.54) is 20.3 Å². The molecule has 0 atom stereocenters. The van der Waals surface area contributed by atoms with Crippen LogP contribution in [0.15, 0.2) is 36.4 Å². The van der Waals surface area contributed by atoms with Gasteiger partial charge >= 0.3 is 0 Å². The summed E-state index contributed by atoms with van der Waals surface area (Å²) in [5.41, 5.74) is -0.756. The van der Waals surface area contributed by atoms with Crippen molar-refractivity contribution in [2.45, 2.75) is 0 Å². The van der Waals surface area contributed by atoms with Crippen molar-refractivity contribution in [3.05, 3.63) is 69.3 Å². The number of benzene rings is 2. The summed E-state index contributed by atoms with van der Waals surface area (Å²) in [6.45, 7) is 0. The quantitative estimate of drug-likeness (QED) is 0.343. The number of ketones is 1. The molecule has 0 aromatic heterocycles. The third-order valence-electron chi connectivity index (χ3n) is 3.34. The van der Waals surface area contributed by atoms with E-state index in [0.717, 1.165) is 36.4 Å². The first-order chi connectivity index (χ1) is 11.9. The molecule has 0 N–H and O–H groups in total. The van der Waals surface area contributed by atoms with Gasteiger partial charge in [-0.05, 0) is 36.4 Å². The summed E-state index contributed by atoms with van der Waals surface area (Å²) in [6, 6.07) is 4.92. The van der Waals surface area contributed by atoms with Crippen LogP contribution in [0.1, 0.15) is 15.9 Å². The van der Waals surface area contributed by atoms with Crippen LogP contribution in [0.5, 0.6) is 11.5 Å². The maximum absolute atomic E-state index is 13.6. The van der Waals surface area contributed by atoms with Crippen LogP contribution in [0.2, 0.25) is 0 Å². The molecule has 0 spiro atoms. The van der Waals surface area contributed by atoms with Crippen LogP contribution in [0.25, 0.3) is 6.08 Å². The summed E-state index contributed by atoms with van der Waals surface area (Å²) in [5, 5.41) is 11.2. The van der Waals surface area contributed by atoms with Crippen molar-refractivity contribution in [3.63, 3.8) is 0 Å². The highest BCUT2D eigenvalue weighted by atomic mass is 19.1. The van der Waals surface area contributed by atoms with Gasteiger partial charge in [0, 0.05) is 0 Å². The fraction of sp³-hybridized carbons (Fsp3) is 0.118. The van der Waals surface area contributed by atoms with Gasteiger partial charge in [-0.2, -0.15) is 0 Å². The lowest BCUT2D eigenvalue weighted by Gasteiger charge is -2.08. The molecule has 0 bridgehead atoms. The third-order valence-corrected chi connectivity index (χ3v) is 3.34. The molecule has 2 rings (SSSR count). The summed E-state index contributed by atoms with van der Waals surface area (Å²) in [7, 11) is 2.68. The number of allylic oxidation sites excluding steroid dienone is 1. The van der Waals surface area contributed by atoms with Crippen LogP contribution in [0.4, 0.5) is 14.5 Å². The second kappa shape index (κ2) is 7.52. The molecular weight excluding hydrogens is 336 g/mol. The van der Waals surface area contributed by atoms with Gasteiger partial charge in [0.15, 0.2) is 17.3 Å². The number of methoxy groups -OCH3 is 2. The summed E-state index contributed by atoms with van der Waals surface area (Å²) >= 11 is 0. The molecule has 25 heavy (non-hydrogen) atoms. The van der Waals surface area contributed by atoms with Gasteiger partial charge in [-0.15, -0.1) is 0 Å². The Balaban J connectivity index is 2.44. The maximum Gasteiger partial charge on any atom is 0.280 e. The fourth-order valence-corrected chi connectivity index (χ4v) is 2.12. The van der Waals surface area contributed by atoms with E-state index in [2.05, 4.69) is 0 Å². The highest BCUT2D eigenvalue weighted by molar-refractivity contribution is 6.07. The Morgan fingerprint density at radius 1 is 1.12 bits per heavy atom. The Bertz CT molecular complexity index is 864. The molecule has 0 fully saturated rings. The van der Waals surface area contributed by atoms with Crippen molar-refractivity contribution < 1.29 is 28.0 Å². The molecule has 8 heteroatoms. The molecular formula is C17H13F2NO5. The Kier molecular flexibility index (Phi) is 5.43. The normalized spacial score (nSPS) is 10.7. The number of nitrogens with zero attached hydrogens (tertiary/aromatic N) is 1. The zero-order valence-corrected chi connectivity index (χ0v) is 13.3. The largest absolute Gasteiger partial charge is 0.493 e. The Morgan fingerprint density at radius 3 is 2.36 bits per heavy atom. The molecule has 0 aliphatic carbocycles. The minimum atomic E-state index is -0.891. The number of halogens is 2. The summed E-state index contributed by atoms with van der Waals surface area (Å²) < 4.78 is 36.8. The van der Waals surface area contributed by atoms with Crippen molar-refractivity contribution in [1.29, 1.82) is 0 Å². The third kappa shape index (κ3) is 3.97. The van der Waals surface area contributed by atoms with Crippen molar-refractivity contribution in [2.24, 2.45) is 0 Å². The Labute approximate surface area is 141 Å². The van der Waals surface area contributed by atoms with E-state index in [9.17, 15) is 23.7 Å². The van der Waals surface area contributed by atoms with E-state index >= 15 is 0 Å². The molecule has 2 aromatic carbocycles. The minimum absolute atomic E-state index is 0.0489. The van der Waals surface area contributed by atoms with Gasteiger partial charge in [-0.25, -0.2) is 8.78 Å². The Morgan fingerprint density at radius 2 is 1.76 bits per heavy atom. The van der Waals surface area contributed by atoms with Crippen molar-refractivity contribution in [1.82, 2.24) is 0 Å². The minimum Gasteiger partial charge on any atom is -0.493 e. The van der Waals surface area contributed by atoms with Gasteiger partial charge in [-0.1, -0.05) is 0 Å². The van der Waals surface area contributed by atoms with Gasteiger partial charge in [0.05, 0.1) is 36.3 Å². The van der Waals surface area contributed by atoms with Crippen LogP contribution in [-0.2, 0) is 0 Å². The van der Waals surface area contributed by atoms with E-state index < -0.39 is 27.9 Å². The summed E-state index contributed by atoms with van der Waals surface area (Å²) in [5.74, 6) is -2.12. The van der Waals surface area contributed by atoms with E-state index in [1.54, 1.807) is 0 Å². The maximum atomic E-state index is 13.6. The van der Waals surface area contributed by atoms with Crippen molar-refractivity contribution in [2.75, 3.05) is 14.2 Å². The van der Waals surface area contributed by atoms with E-state index in [-0.39, 0.29) is 22.7 Å². The van der Waals surface area contributed by atoms with Crippen LogP contribution >= 0.6 is 0 Å². The Hall–Kier alpha value is -3.29. The zero-order valence-electron chi connectivity index (χ0n) is 13.3. The van der Waals surface area contributed by atoms with Crippen molar-refractivity contribution in [3.8, 4) is 11.5 Å². The molecule has 0 amide bonds. The molecule has 0 heterocycles. The number of carbonyl (C=O) groups is 1. The van der Waals surface area contributed by atoms with Crippen LogP contribution in [0.3, 0.4) is 0 Å². The van der Waals surface area contributed by atoms with E-state index in [0.29, 0.717) is 0 Å². The number of nitro benzene ring substituents is 1. The van der Waals surface area contributed by atoms with E-state index in [4.69, 9.17) is 9.47 Å². The van der Waals surface area contributed by atoms with Crippen LogP contribution in [0, 0.1) is 21.7 Å². The highest BCUT2D eigenvalue weighted by Crippen LogP contribution is 2.35. The van der Waals surface area contributed by atoms with Gasteiger partial charge in [0.2, 0.25) is 0 Å². The number of nitro groups is 1. The first-order valence-electron chi connectivity index (χ1n) is 6.95. The van der Waals surface area contributed by atoms with Crippen LogP contribution in [-0.4, -0.2) is 24.9 Å². The predicted octanol–water partition coefficient (Wildman–Crippen LogP) is 3.79. The smallest absolute Gasteiger partial charge is 0.280 e. The van der Waals surface area contributed by atoms with Gasteiger partial charge < -0.3 is 9.47 Å². The first-order valence-corrected chi connectivity index (χ1v) is 6.95. The topological polar surface area (TPSA) is 78.7 Å². The fourth-order valence-electron chi connectivity index (χ4n) is 2.12. The number of rotatable bonds is 6. The molecule has 0 saturated heterocycles. The SMILES string of the molecule is COc1cc(/C=C/C(=O)c2cc(F)ccc2F)c([N+](=O)[O-])cc1OC. The summed E-state index contributed by atoms with van der Waals surface area (Å²) in [6.07, 6.45) is 2.05. The second-order valence-electron chi connectivity index (χ2n) is 4.84. The molecule has 0 unspecified atom stereocenters. The lowest BCUT2D eigenvalue weighted by Crippen LogP contribution is -2.00. The number of carbonyl (C=O) groups excluding carboxylic acids is 1. The first kappa shape index (κ1) is 18.1. The average molecular weight is 349 g/mol. The van der Waals surface area contributed by atoms with E-state index in [1.807, 2.05) is 0 Å². The second-order valence-corrected chi connectivity index (χ2v) is 4.84. The van der Waals surface area contributed by atoms with Crippen LogP contribution < -0.4 is 9.47 Å². The standard InChI is InChI=1S/C17H13F2NO5/c1-24-16-7-10(14(20(22)23)9-17(16)25-2)3-6-15(21)12-8-11(18)4-5-13(12)19/h3-9H,1-2H3/b6-3+. The van der Waals surface area contributed by atoms with Gasteiger partial charge in [0.25, 0.3) is 5.69 Å². The monoisotopic (exact) mass is 349 g/mol. The molecule has 0 aliphatic heterocycles. The lowest BCUT2D eigenvalue weighted by molar-refractivity contribution is -0.385. The number of hydrogen-bond acceptors (Lipinski definition) is 5. The number of hydrogen-bond donors (Lipinski definition) is 0. The van der Waals surface area contributed by atoms with Gasteiger partial charge in [-0.3, -0.25) is 14.9 Å². The molecule has 0 radical (unpaired) electrons. The summed E-state index contributed by atoms with van der Waals surface area (Å²) in [4.78, 5) is 22.6. The highest BCUT2D eigenvalue weighted by Gasteiger charge is 2.18. The predicted molar refractivity (Wildman–Crippen MR) is 85.9 cm³/mol. The van der Waals surface area contributed by atoms with Crippen molar-refractivity contribution >= 4 is 17.5 Å². The number of ether oxygens (including phenoxy) is 2. The zero-order chi connectivity index (χ0) is 18.6. The molecule has 130 valence electrons. The molecule has 0 saturated carbocycles. The molecule has 6 nitrogen and oxygen atoms in total. The molecule has 0 aliphatic rings.